The Balaban J connectivity index is 0. The second kappa shape index (κ2) is 125. The van der Waals surface area contributed by atoms with Gasteiger partial charge in [-0.3, -0.25) is 0 Å². The third-order valence-electron chi connectivity index (χ3n) is 0. The van der Waals surface area contributed by atoms with Crippen LogP contribution in [0, 0.1) is 0 Å². The van der Waals surface area contributed by atoms with Crippen molar-refractivity contribution in [2.24, 2.45) is 0 Å². The molecule has 0 heterocycles. The maximum Gasteiger partial charge on any atom is 0 e. The fourth-order valence-corrected chi connectivity index (χ4v) is 0. The van der Waals surface area contributed by atoms with E-state index in [1.54, 1.807) is 0 Å². The summed E-state index contributed by atoms with van der Waals surface area (Å²) in [6.07, 6.45) is 0. The summed E-state index contributed by atoms with van der Waals surface area (Å²) in [7, 11) is 0. The normalized spacial score (nSPS) is 0. The minimum absolute atomic E-state index is 0. The number of hydrogen-bond acceptors (Lipinski definition) is 0. The Hall–Kier alpha value is 1.14. The van der Waals surface area contributed by atoms with E-state index in [1.807, 2.05) is 0 Å². The SMILES string of the molecule is [Ir].[Ir].[O-2].[O-2].[O-2].[O-2]. The van der Waals surface area contributed by atoms with Crippen molar-refractivity contribution >= 4 is 0 Å². The zero-order chi connectivity index (χ0) is 0. The average molecular weight is 448 g/mol. The Bertz CT molecular complexity index is 5.51. The third-order valence-corrected chi connectivity index (χ3v) is 0. The standard InChI is InChI=1S/2Ir.4O/q;;4*-2. The Morgan fingerprint density at radius 1 is 0.333 bits per heavy atom. The van der Waals surface area contributed by atoms with Gasteiger partial charge in [0.2, 0.25) is 0 Å². The van der Waals surface area contributed by atoms with E-state index in [9.17, 15) is 0 Å². The first-order chi connectivity index (χ1) is 0. The molecule has 0 bridgehead atoms. The van der Waals surface area contributed by atoms with Crippen LogP contribution in [0.5, 0.6) is 0 Å². The van der Waals surface area contributed by atoms with E-state index >= 15 is 0 Å². The molecule has 6 heavy (non-hydrogen) atoms. The van der Waals surface area contributed by atoms with Crippen molar-refractivity contribution in [2.45, 2.75) is 0 Å². The van der Waals surface area contributed by atoms with Crippen LogP contribution in [-0.2, 0) is 62.1 Å². The molecule has 0 rings (SSSR count). The van der Waals surface area contributed by atoms with Gasteiger partial charge in [0, 0.05) is 40.2 Å². The quantitative estimate of drug-likeness (QED) is 0.477. The zero-order valence-corrected chi connectivity index (χ0v) is 7.09. The predicted molar refractivity (Wildman–Crippen MR) is 2.75 cm³/mol. The Morgan fingerprint density at radius 2 is 0.333 bits per heavy atom. The van der Waals surface area contributed by atoms with Crippen LogP contribution in [0.25, 0.3) is 0 Å². The van der Waals surface area contributed by atoms with Crippen LogP contribution < -0.4 is 0 Å². The van der Waals surface area contributed by atoms with Gasteiger partial charge in [-0.25, -0.2) is 0 Å². The molecule has 0 fully saturated rings. The molecule has 0 atom stereocenters. The molecule has 0 amide bonds. The van der Waals surface area contributed by atoms with E-state index < -0.39 is 0 Å². The molecule has 0 saturated heterocycles. The van der Waals surface area contributed by atoms with Crippen molar-refractivity contribution < 1.29 is 62.1 Å². The maximum atomic E-state index is 0. The Morgan fingerprint density at radius 3 is 0.333 bits per heavy atom. The van der Waals surface area contributed by atoms with Crippen LogP contribution in [0.3, 0.4) is 0 Å². The molecule has 0 spiro atoms. The van der Waals surface area contributed by atoms with Gasteiger partial charge in [0.25, 0.3) is 0 Å². The van der Waals surface area contributed by atoms with Gasteiger partial charge < -0.3 is 21.9 Å². The molecule has 0 unspecified atom stereocenters. The first kappa shape index (κ1) is 207. The summed E-state index contributed by atoms with van der Waals surface area (Å²) in [5.41, 5.74) is 0. The average Bonchev–Trinajstić information content (AvgIpc) is 0. The molecule has 0 aromatic heterocycles. The Kier molecular flexibility index (Phi) is 4320. The summed E-state index contributed by atoms with van der Waals surface area (Å²) >= 11 is 0. The molecule has 0 aromatic rings. The van der Waals surface area contributed by atoms with Gasteiger partial charge in [0.05, 0.1) is 0 Å². The summed E-state index contributed by atoms with van der Waals surface area (Å²) in [5, 5.41) is 0. The van der Waals surface area contributed by atoms with Crippen LogP contribution in [0.1, 0.15) is 0 Å². The van der Waals surface area contributed by atoms with E-state index in [4.69, 9.17) is 0 Å². The molecule has 0 N–H and O–H groups in total. The van der Waals surface area contributed by atoms with Crippen molar-refractivity contribution in [2.75, 3.05) is 0 Å². The van der Waals surface area contributed by atoms with Gasteiger partial charge in [-0.15, -0.1) is 0 Å². The largest absolute Gasteiger partial charge is 2.00 e. The fourth-order valence-electron chi connectivity index (χ4n) is 0. The first-order valence-corrected chi connectivity index (χ1v) is 0. The predicted octanol–water partition coefficient (Wildman–Crippen LogP) is -0.480. The van der Waals surface area contributed by atoms with Crippen LogP contribution in [0.2, 0.25) is 0 Å². The summed E-state index contributed by atoms with van der Waals surface area (Å²) in [6.45, 7) is 0. The van der Waals surface area contributed by atoms with Crippen molar-refractivity contribution in [1.29, 1.82) is 0 Å². The minimum Gasteiger partial charge on any atom is -2.00 e. The van der Waals surface area contributed by atoms with Crippen molar-refractivity contribution in [1.82, 2.24) is 0 Å². The maximum absolute atomic E-state index is 0. The minimum atomic E-state index is 0. The Labute approximate surface area is 62.2 Å². The molecule has 4 nitrogen and oxygen atoms in total. The van der Waals surface area contributed by atoms with Crippen molar-refractivity contribution in [3.63, 3.8) is 0 Å². The van der Waals surface area contributed by atoms with Crippen LogP contribution >= 0.6 is 0 Å². The summed E-state index contributed by atoms with van der Waals surface area (Å²) in [5.74, 6) is 0. The van der Waals surface area contributed by atoms with E-state index in [2.05, 4.69) is 0 Å². The van der Waals surface area contributed by atoms with Gasteiger partial charge in [0.15, 0.2) is 0 Å². The van der Waals surface area contributed by atoms with E-state index in [-0.39, 0.29) is 62.1 Å². The van der Waals surface area contributed by atoms with Gasteiger partial charge in [0.1, 0.15) is 0 Å². The molecule has 0 saturated carbocycles. The summed E-state index contributed by atoms with van der Waals surface area (Å²) in [6, 6.07) is 0. The molecular formula is Ir2O4-8. The zero-order valence-electron chi connectivity index (χ0n) is 2.30. The van der Waals surface area contributed by atoms with E-state index in [0.717, 1.165) is 0 Å². The van der Waals surface area contributed by atoms with Crippen molar-refractivity contribution in [3.05, 3.63) is 0 Å². The molecular weight excluding hydrogens is 448 g/mol. The van der Waals surface area contributed by atoms with Crippen LogP contribution in [0.15, 0.2) is 0 Å². The third kappa shape index (κ3) is 67.9. The molecule has 0 aliphatic rings. The summed E-state index contributed by atoms with van der Waals surface area (Å²) in [4.78, 5) is 0. The fraction of sp³-hybridized carbons (Fsp3) is 0. The second-order valence-electron chi connectivity index (χ2n) is 0. The molecule has 0 aliphatic carbocycles. The molecule has 0 aliphatic heterocycles. The van der Waals surface area contributed by atoms with E-state index in [0.29, 0.717) is 0 Å². The topological polar surface area (TPSA) is 114 Å². The van der Waals surface area contributed by atoms with E-state index in [1.165, 1.54) is 0 Å². The second-order valence-corrected chi connectivity index (χ2v) is 0. The van der Waals surface area contributed by atoms with Gasteiger partial charge in [-0.2, -0.15) is 0 Å². The van der Waals surface area contributed by atoms with Gasteiger partial charge in [-0.05, 0) is 0 Å². The monoisotopic (exact) mass is 450 g/mol. The van der Waals surface area contributed by atoms with Crippen molar-refractivity contribution in [3.8, 4) is 0 Å². The van der Waals surface area contributed by atoms with Crippen LogP contribution in [0.4, 0.5) is 0 Å². The number of hydrogen-bond donors (Lipinski definition) is 0. The first-order valence-electron chi connectivity index (χ1n) is 0. The molecule has 2 radical (unpaired) electrons. The molecule has 50 valence electrons. The number of rotatable bonds is 0. The molecule has 6 heteroatoms. The van der Waals surface area contributed by atoms with Gasteiger partial charge in [-0.1, -0.05) is 0 Å². The summed E-state index contributed by atoms with van der Waals surface area (Å²) < 4.78 is 0. The van der Waals surface area contributed by atoms with Gasteiger partial charge >= 0.3 is 0 Å². The smallest absolute Gasteiger partial charge is 0 e. The molecule has 0 aromatic carbocycles. The van der Waals surface area contributed by atoms with Crippen LogP contribution in [-0.4, -0.2) is 0 Å².